The second kappa shape index (κ2) is 7.18. The van der Waals surface area contributed by atoms with Gasteiger partial charge in [-0.3, -0.25) is 0 Å². The molecule has 2 aromatic carbocycles. The molecule has 0 fully saturated rings. The van der Waals surface area contributed by atoms with E-state index in [0.29, 0.717) is 17.9 Å². The van der Waals surface area contributed by atoms with E-state index in [9.17, 15) is 5.26 Å². The molecule has 6 heteroatoms. The maximum atomic E-state index is 9.38. The first-order valence-electron chi connectivity index (χ1n) is 8.48. The minimum Gasteiger partial charge on any atom is -0.497 e. The fourth-order valence-corrected chi connectivity index (χ4v) is 2.99. The topological polar surface area (TPSA) is 66.5 Å². The maximum absolute atomic E-state index is 9.38. The number of imidazole rings is 1. The molecule has 0 aliphatic heterocycles. The Bertz CT molecular complexity index is 1100. The third-order valence-corrected chi connectivity index (χ3v) is 4.31. The van der Waals surface area contributed by atoms with Crippen molar-refractivity contribution in [2.45, 2.75) is 6.54 Å². The third-order valence-electron chi connectivity index (χ3n) is 4.31. The van der Waals surface area contributed by atoms with Gasteiger partial charge in [-0.1, -0.05) is 30.3 Å². The molecule has 4 aromatic rings. The number of nitriles is 1. The Kier molecular flexibility index (Phi) is 4.42. The van der Waals surface area contributed by atoms with Gasteiger partial charge >= 0.3 is 0 Å². The molecule has 2 heterocycles. The van der Waals surface area contributed by atoms with Crippen molar-refractivity contribution in [1.82, 2.24) is 14.6 Å². The number of hydrogen-bond acceptors (Lipinski definition) is 5. The Morgan fingerprint density at radius 1 is 1.11 bits per heavy atom. The molecule has 0 saturated heterocycles. The molecule has 0 saturated carbocycles. The van der Waals surface area contributed by atoms with Gasteiger partial charge in [-0.05, 0) is 29.8 Å². The second-order valence-corrected chi connectivity index (χ2v) is 5.99. The van der Waals surface area contributed by atoms with Gasteiger partial charge < -0.3 is 9.64 Å². The van der Waals surface area contributed by atoms with Crippen molar-refractivity contribution in [3.63, 3.8) is 0 Å². The molecule has 27 heavy (non-hydrogen) atoms. The van der Waals surface area contributed by atoms with Crippen molar-refractivity contribution >= 4 is 17.0 Å². The van der Waals surface area contributed by atoms with Crippen molar-refractivity contribution in [1.29, 1.82) is 5.26 Å². The molecule has 6 nitrogen and oxygen atoms in total. The lowest BCUT2D eigenvalue weighted by molar-refractivity contribution is 0.414. The standard InChI is InChI=1S/C21H17N5O/c1-27-19-9-7-16(8-10-19)15-25(18-5-3-2-4-6-18)20-13-17(14-22)24-26-12-11-23-21(20)26/h2-13H,15H2,1H3. The van der Waals surface area contributed by atoms with E-state index in [1.54, 1.807) is 30.1 Å². The van der Waals surface area contributed by atoms with Gasteiger partial charge in [0.15, 0.2) is 11.3 Å². The minimum absolute atomic E-state index is 0.339. The summed E-state index contributed by atoms with van der Waals surface area (Å²) in [5.41, 5.74) is 3.99. The average Bonchev–Trinajstić information content (AvgIpc) is 3.21. The third kappa shape index (κ3) is 3.31. The molecule has 0 aliphatic rings. The van der Waals surface area contributed by atoms with E-state index in [0.717, 1.165) is 22.7 Å². The van der Waals surface area contributed by atoms with Crippen LogP contribution in [0.2, 0.25) is 0 Å². The number of rotatable bonds is 5. The van der Waals surface area contributed by atoms with Crippen LogP contribution in [0.25, 0.3) is 5.65 Å². The molecule has 0 bridgehead atoms. The average molecular weight is 355 g/mol. The van der Waals surface area contributed by atoms with Crippen molar-refractivity contribution < 1.29 is 4.74 Å². The molecule has 0 radical (unpaired) electrons. The number of nitrogens with zero attached hydrogens (tertiary/aromatic N) is 5. The van der Waals surface area contributed by atoms with Gasteiger partial charge in [0.25, 0.3) is 0 Å². The molecule has 4 rings (SSSR count). The van der Waals surface area contributed by atoms with Crippen molar-refractivity contribution in [2.75, 3.05) is 12.0 Å². The van der Waals surface area contributed by atoms with Crippen LogP contribution in [0.5, 0.6) is 5.75 Å². The quantitative estimate of drug-likeness (QED) is 0.542. The first-order chi connectivity index (χ1) is 13.3. The van der Waals surface area contributed by atoms with Crippen LogP contribution in [-0.4, -0.2) is 21.7 Å². The highest BCUT2D eigenvalue weighted by atomic mass is 16.5. The van der Waals surface area contributed by atoms with E-state index in [1.807, 2.05) is 54.6 Å². The molecule has 0 atom stereocenters. The number of aromatic nitrogens is 3. The Hall–Kier alpha value is -3.85. The minimum atomic E-state index is 0.339. The maximum Gasteiger partial charge on any atom is 0.177 e. The highest BCUT2D eigenvalue weighted by Gasteiger charge is 2.17. The molecule has 2 aromatic heterocycles. The van der Waals surface area contributed by atoms with Gasteiger partial charge in [-0.25, -0.2) is 9.50 Å². The van der Waals surface area contributed by atoms with Gasteiger partial charge in [0.05, 0.1) is 12.8 Å². The molecule has 0 spiro atoms. The zero-order chi connectivity index (χ0) is 18.6. The van der Waals surface area contributed by atoms with Crippen LogP contribution in [0.3, 0.4) is 0 Å². The largest absolute Gasteiger partial charge is 0.497 e. The molecule has 0 amide bonds. The van der Waals surface area contributed by atoms with Gasteiger partial charge in [-0.15, -0.1) is 0 Å². The van der Waals surface area contributed by atoms with Crippen LogP contribution in [0, 0.1) is 11.3 Å². The Labute approximate surface area is 156 Å². The number of anilines is 2. The highest BCUT2D eigenvalue weighted by molar-refractivity contribution is 5.76. The summed E-state index contributed by atoms with van der Waals surface area (Å²) >= 11 is 0. The zero-order valence-electron chi connectivity index (χ0n) is 14.8. The van der Waals surface area contributed by atoms with Crippen LogP contribution in [-0.2, 0) is 6.54 Å². The second-order valence-electron chi connectivity index (χ2n) is 5.99. The van der Waals surface area contributed by atoms with Crippen molar-refractivity contribution in [3.05, 3.63) is 84.3 Å². The predicted molar refractivity (Wildman–Crippen MR) is 103 cm³/mol. The molecule has 0 unspecified atom stereocenters. The molecule has 132 valence electrons. The number of methoxy groups -OCH3 is 1. The SMILES string of the molecule is COc1ccc(CN(c2ccccc2)c2cc(C#N)nn3ccnc23)cc1. The van der Waals surface area contributed by atoms with Crippen LogP contribution >= 0.6 is 0 Å². The molecule has 0 N–H and O–H groups in total. The monoisotopic (exact) mass is 355 g/mol. The van der Waals surface area contributed by atoms with Crippen LogP contribution < -0.4 is 9.64 Å². The van der Waals surface area contributed by atoms with Gasteiger partial charge in [0.1, 0.15) is 11.8 Å². The van der Waals surface area contributed by atoms with Crippen molar-refractivity contribution in [2.24, 2.45) is 0 Å². The summed E-state index contributed by atoms with van der Waals surface area (Å²) in [4.78, 5) is 6.57. The first-order valence-corrected chi connectivity index (χ1v) is 8.48. The Balaban J connectivity index is 1.83. The van der Waals surface area contributed by atoms with Gasteiger partial charge in [0, 0.05) is 30.7 Å². The smallest absolute Gasteiger partial charge is 0.177 e. The van der Waals surface area contributed by atoms with Crippen LogP contribution in [0.1, 0.15) is 11.3 Å². The van der Waals surface area contributed by atoms with Crippen LogP contribution in [0.15, 0.2) is 73.1 Å². The fraction of sp³-hybridized carbons (Fsp3) is 0.0952. The highest BCUT2D eigenvalue weighted by Crippen LogP contribution is 2.31. The molecular weight excluding hydrogens is 338 g/mol. The van der Waals surface area contributed by atoms with E-state index in [2.05, 4.69) is 21.1 Å². The summed E-state index contributed by atoms with van der Waals surface area (Å²) in [5, 5.41) is 13.7. The van der Waals surface area contributed by atoms with Gasteiger partial charge in [0.2, 0.25) is 0 Å². The number of benzene rings is 2. The number of fused-ring (bicyclic) bond motifs is 1. The lowest BCUT2D eigenvalue weighted by atomic mass is 10.1. The summed E-state index contributed by atoms with van der Waals surface area (Å²) in [6.45, 7) is 0.616. The van der Waals surface area contributed by atoms with E-state index in [4.69, 9.17) is 4.74 Å². The predicted octanol–water partition coefficient (Wildman–Crippen LogP) is 3.95. The fourth-order valence-electron chi connectivity index (χ4n) is 2.99. The lowest BCUT2D eigenvalue weighted by Crippen LogP contribution is -2.18. The Morgan fingerprint density at radius 2 is 1.89 bits per heavy atom. The van der Waals surface area contributed by atoms with Crippen LogP contribution in [0.4, 0.5) is 11.4 Å². The number of ether oxygens (including phenoxy) is 1. The number of hydrogen-bond donors (Lipinski definition) is 0. The summed E-state index contributed by atoms with van der Waals surface area (Å²) in [6, 6.07) is 21.9. The Morgan fingerprint density at radius 3 is 2.59 bits per heavy atom. The number of para-hydroxylation sites is 1. The van der Waals surface area contributed by atoms with Crippen molar-refractivity contribution in [3.8, 4) is 11.8 Å². The molecular formula is C21H17N5O. The summed E-state index contributed by atoms with van der Waals surface area (Å²) in [7, 11) is 1.65. The van der Waals surface area contributed by atoms with Gasteiger partial charge in [-0.2, -0.15) is 10.4 Å². The first kappa shape index (κ1) is 16.6. The molecule has 0 aliphatic carbocycles. The lowest BCUT2D eigenvalue weighted by Gasteiger charge is -2.25. The summed E-state index contributed by atoms with van der Waals surface area (Å²) in [6.07, 6.45) is 3.43. The van der Waals surface area contributed by atoms with E-state index in [-0.39, 0.29) is 0 Å². The zero-order valence-corrected chi connectivity index (χ0v) is 14.8. The summed E-state index contributed by atoms with van der Waals surface area (Å²) in [5.74, 6) is 0.816. The normalized spacial score (nSPS) is 10.5. The van der Waals surface area contributed by atoms with E-state index in [1.165, 1.54) is 0 Å². The van der Waals surface area contributed by atoms with E-state index < -0.39 is 0 Å². The van der Waals surface area contributed by atoms with E-state index >= 15 is 0 Å². The summed E-state index contributed by atoms with van der Waals surface area (Å²) < 4.78 is 6.89.